The highest BCUT2D eigenvalue weighted by Gasteiger charge is 2.24. The van der Waals surface area contributed by atoms with Gasteiger partial charge >= 0.3 is 5.97 Å². The first-order valence-electron chi connectivity index (χ1n) is 5.45. The van der Waals surface area contributed by atoms with E-state index in [1.807, 2.05) is 0 Å². The third-order valence-corrected chi connectivity index (χ3v) is 2.89. The maximum atomic E-state index is 11.3. The molecule has 0 atom stereocenters. The molecule has 4 heteroatoms. The minimum Gasteiger partial charge on any atom is -0.469 e. The zero-order chi connectivity index (χ0) is 11.1. The number of piperidine rings is 1. The summed E-state index contributed by atoms with van der Waals surface area (Å²) in [6, 6.07) is 2.14. The number of ether oxygens (including phenoxy) is 1. The van der Waals surface area contributed by atoms with Crippen molar-refractivity contribution in [3.8, 4) is 6.07 Å². The summed E-state index contributed by atoms with van der Waals surface area (Å²) in [5, 5.41) is 8.41. The summed E-state index contributed by atoms with van der Waals surface area (Å²) in [6.07, 6.45) is 3.33. The van der Waals surface area contributed by atoms with Crippen LogP contribution < -0.4 is 0 Å². The highest BCUT2D eigenvalue weighted by Crippen LogP contribution is 2.18. The van der Waals surface area contributed by atoms with Gasteiger partial charge in [0.1, 0.15) is 0 Å². The largest absolute Gasteiger partial charge is 0.469 e. The molecule has 0 aromatic heterocycles. The van der Waals surface area contributed by atoms with Gasteiger partial charge in [-0.15, -0.1) is 0 Å². The van der Waals surface area contributed by atoms with Crippen LogP contribution >= 0.6 is 0 Å². The van der Waals surface area contributed by atoms with Crippen molar-refractivity contribution < 1.29 is 9.53 Å². The topological polar surface area (TPSA) is 53.3 Å². The van der Waals surface area contributed by atoms with Gasteiger partial charge in [0.15, 0.2) is 0 Å². The van der Waals surface area contributed by atoms with E-state index in [1.165, 1.54) is 7.11 Å². The Bertz CT molecular complexity index is 239. The maximum Gasteiger partial charge on any atom is 0.308 e. The maximum absolute atomic E-state index is 11.3. The highest BCUT2D eigenvalue weighted by atomic mass is 16.5. The third-order valence-electron chi connectivity index (χ3n) is 2.89. The van der Waals surface area contributed by atoms with E-state index in [9.17, 15) is 4.79 Å². The fraction of sp³-hybridized carbons (Fsp3) is 0.818. The molecule has 0 aromatic carbocycles. The molecule has 1 saturated heterocycles. The number of likely N-dealkylation sites (tertiary alicyclic amines) is 1. The smallest absolute Gasteiger partial charge is 0.308 e. The van der Waals surface area contributed by atoms with Gasteiger partial charge in [-0.1, -0.05) is 0 Å². The zero-order valence-corrected chi connectivity index (χ0v) is 9.24. The normalized spacial score (nSPS) is 18.4. The predicted octanol–water partition coefficient (Wildman–Crippen LogP) is 1.18. The third kappa shape index (κ3) is 3.88. The van der Waals surface area contributed by atoms with Crippen molar-refractivity contribution in [1.82, 2.24) is 4.90 Å². The van der Waals surface area contributed by atoms with E-state index in [0.29, 0.717) is 6.42 Å². The molecule has 1 aliphatic heterocycles. The number of methoxy groups -OCH3 is 1. The van der Waals surface area contributed by atoms with Crippen LogP contribution in [0.2, 0.25) is 0 Å². The van der Waals surface area contributed by atoms with E-state index in [-0.39, 0.29) is 11.9 Å². The van der Waals surface area contributed by atoms with Crippen LogP contribution in [0.15, 0.2) is 0 Å². The van der Waals surface area contributed by atoms with Crippen LogP contribution in [0.5, 0.6) is 0 Å². The van der Waals surface area contributed by atoms with Crippen LogP contribution in [-0.2, 0) is 9.53 Å². The van der Waals surface area contributed by atoms with Crippen LogP contribution in [0.4, 0.5) is 0 Å². The lowest BCUT2D eigenvalue weighted by molar-refractivity contribution is -0.147. The number of rotatable bonds is 4. The molecule has 1 aliphatic rings. The fourth-order valence-electron chi connectivity index (χ4n) is 1.94. The van der Waals surface area contributed by atoms with Crippen LogP contribution in [0, 0.1) is 17.2 Å². The van der Waals surface area contributed by atoms with E-state index < -0.39 is 0 Å². The first kappa shape index (κ1) is 12.0. The van der Waals surface area contributed by atoms with Crippen molar-refractivity contribution in [3.05, 3.63) is 0 Å². The van der Waals surface area contributed by atoms with E-state index in [0.717, 1.165) is 38.9 Å². The molecular weight excluding hydrogens is 192 g/mol. The Morgan fingerprint density at radius 1 is 1.53 bits per heavy atom. The van der Waals surface area contributed by atoms with Crippen molar-refractivity contribution in [2.45, 2.75) is 25.7 Å². The second kappa shape index (κ2) is 6.41. The number of nitrogens with zero attached hydrogens (tertiary/aromatic N) is 2. The quantitative estimate of drug-likeness (QED) is 0.516. The van der Waals surface area contributed by atoms with Crippen molar-refractivity contribution in [2.24, 2.45) is 5.92 Å². The molecule has 0 unspecified atom stereocenters. The molecular formula is C11H18N2O2. The molecule has 15 heavy (non-hydrogen) atoms. The first-order valence-corrected chi connectivity index (χ1v) is 5.45. The molecule has 0 bridgehead atoms. The van der Waals surface area contributed by atoms with Gasteiger partial charge in [0.2, 0.25) is 0 Å². The SMILES string of the molecule is COC(=O)C1CCN(CCCC#N)CC1. The Hall–Kier alpha value is -1.08. The van der Waals surface area contributed by atoms with Gasteiger partial charge in [-0.05, 0) is 38.9 Å². The number of nitriles is 1. The fourth-order valence-corrected chi connectivity index (χ4v) is 1.94. The lowest BCUT2D eigenvalue weighted by Crippen LogP contribution is -2.37. The minimum absolute atomic E-state index is 0.0772. The summed E-state index contributed by atoms with van der Waals surface area (Å²) in [5.41, 5.74) is 0. The first-order chi connectivity index (χ1) is 7.27. The Kier molecular flexibility index (Phi) is 5.13. The van der Waals surface area contributed by atoms with Gasteiger partial charge in [0.25, 0.3) is 0 Å². The van der Waals surface area contributed by atoms with Crippen molar-refractivity contribution in [1.29, 1.82) is 5.26 Å². The number of esters is 1. The second-order valence-corrected chi connectivity index (χ2v) is 3.90. The molecule has 1 heterocycles. The Morgan fingerprint density at radius 3 is 2.73 bits per heavy atom. The zero-order valence-electron chi connectivity index (χ0n) is 9.24. The summed E-state index contributed by atoms with van der Waals surface area (Å²) in [7, 11) is 1.45. The monoisotopic (exact) mass is 210 g/mol. The molecule has 0 radical (unpaired) electrons. The number of carbonyl (C=O) groups excluding carboxylic acids is 1. The van der Waals surface area contributed by atoms with Crippen molar-refractivity contribution >= 4 is 5.97 Å². The number of carbonyl (C=O) groups is 1. The molecule has 0 aromatic rings. The number of hydrogen-bond acceptors (Lipinski definition) is 4. The standard InChI is InChI=1S/C11H18N2O2/c1-15-11(14)10-4-8-13(9-5-10)7-3-2-6-12/h10H,2-5,7-9H2,1H3. The average molecular weight is 210 g/mol. The minimum atomic E-state index is -0.0772. The number of hydrogen-bond donors (Lipinski definition) is 0. The van der Waals surface area contributed by atoms with Crippen molar-refractivity contribution in [3.63, 3.8) is 0 Å². The number of unbranched alkanes of at least 4 members (excludes halogenated alkanes) is 1. The Labute approximate surface area is 90.8 Å². The summed E-state index contributed by atoms with van der Waals surface area (Å²) < 4.78 is 4.72. The summed E-state index contributed by atoms with van der Waals surface area (Å²) >= 11 is 0. The van der Waals surface area contributed by atoms with E-state index in [1.54, 1.807) is 0 Å². The van der Waals surface area contributed by atoms with E-state index in [2.05, 4.69) is 11.0 Å². The van der Waals surface area contributed by atoms with Crippen LogP contribution in [0.25, 0.3) is 0 Å². The highest BCUT2D eigenvalue weighted by molar-refractivity contribution is 5.72. The predicted molar refractivity (Wildman–Crippen MR) is 56.0 cm³/mol. The van der Waals surface area contributed by atoms with E-state index >= 15 is 0 Å². The summed E-state index contributed by atoms with van der Waals surface area (Å²) in [4.78, 5) is 13.6. The molecule has 84 valence electrons. The molecule has 1 rings (SSSR count). The molecule has 0 aliphatic carbocycles. The van der Waals surface area contributed by atoms with Gasteiger partial charge in [-0.25, -0.2) is 0 Å². The summed E-state index contributed by atoms with van der Waals surface area (Å²) in [5.74, 6) is 0.00823. The Balaban J connectivity index is 2.18. The van der Waals surface area contributed by atoms with Crippen LogP contribution in [-0.4, -0.2) is 37.6 Å². The molecule has 0 N–H and O–H groups in total. The lowest BCUT2D eigenvalue weighted by atomic mass is 9.97. The van der Waals surface area contributed by atoms with Crippen molar-refractivity contribution in [2.75, 3.05) is 26.7 Å². The lowest BCUT2D eigenvalue weighted by Gasteiger charge is -2.30. The summed E-state index contributed by atoms with van der Waals surface area (Å²) in [6.45, 7) is 2.87. The molecule has 1 fully saturated rings. The van der Waals surface area contributed by atoms with E-state index in [4.69, 9.17) is 10.00 Å². The molecule has 0 saturated carbocycles. The van der Waals surface area contributed by atoms with Gasteiger partial charge in [0.05, 0.1) is 19.1 Å². The van der Waals surface area contributed by atoms with Gasteiger partial charge in [0, 0.05) is 6.42 Å². The molecule has 0 spiro atoms. The van der Waals surface area contributed by atoms with Gasteiger partial charge < -0.3 is 9.64 Å². The Morgan fingerprint density at radius 2 is 2.20 bits per heavy atom. The second-order valence-electron chi connectivity index (χ2n) is 3.90. The molecule has 0 amide bonds. The van der Waals surface area contributed by atoms with Crippen LogP contribution in [0.3, 0.4) is 0 Å². The van der Waals surface area contributed by atoms with Gasteiger partial charge in [-0.3, -0.25) is 4.79 Å². The average Bonchev–Trinajstić information content (AvgIpc) is 2.29. The van der Waals surface area contributed by atoms with Gasteiger partial charge in [-0.2, -0.15) is 5.26 Å². The molecule has 4 nitrogen and oxygen atoms in total. The van der Waals surface area contributed by atoms with Crippen LogP contribution in [0.1, 0.15) is 25.7 Å².